The van der Waals surface area contributed by atoms with E-state index in [9.17, 15) is 0 Å². The summed E-state index contributed by atoms with van der Waals surface area (Å²) in [6.45, 7) is 0. The number of rotatable bonds is 6. The molecule has 61 heavy (non-hydrogen) atoms. The zero-order valence-electron chi connectivity index (χ0n) is 33.1. The second kappa shape index (κ2) is 14.0. The third-order valence-corrected chi connectivity index (χ3v) is 15.6. The van der Waals surface area contributed by atoms with Crippen molar-refractivity contribution in [2.75, 3.05) is 0 Å². The molecule has 0 fully saturated rings. The lowest BCUT2D eigenvalue weighted by Gasteiger charge is -2.17. The first-order valence-electron chi connectivity index (χ1n) is 20.7. The van der Waals surface area contributed by atoms with Gasteiger partial charge in [0, 0.05) is 37.6 Å². The van der Waals surface area contributed by atoms with Crippen LogP contribution < -0.4 is 15.9 Å². The summed E-state index contributed by atoms with van der Waals surface area (Å²) in [6, 6.07) is 78.7. The van der Waals surface area contributed by atoms with Gasteiger partial charge in [0.05, 0.1) is 16.7 Å². The second-order valence-corrected chi connectivity index (χ2v) is 18.5. The maximum absolute atomic E-state index is 16.2. The zero-order valence-corrected chi connectivity index (χ0v) is 34.0. The van der Waals surface area contributed by atoms with Crippen LogP contribution >= 0.6 is 7.14 Å². The van der Waals surface area contributed by atoms with E-state index in [4.69, 9.17) is 4.98 Å². The van der Waals surface area contributed by atoms with E-state index in [1.54, 1.807) is 0 Å². The highest BCUT2D eigenvalue weighted by molar-refractivity contribution is 7.86. The highest BCUT2D eigenvalue weighted by atomic mass is 31.2. The summed E-state index contributed by atoms with van der Waals surface area (Å²) in [5.74, 6) is 0.799. The smallest absolute Gasteiger partial charge is 0.172 e. The van der Waals surface area contributed by atoms with E-state index in [1.165, 1.54) is 16.7 Å². The maximum Gasteiger partial charge on any atom is 0.172 e. The molecular weight excluding hydrogens is 760 g/mol. The topological polar surface area (TPSA) is 34.9 Å². The molecule has 0 radical (unpaired) electrons. The van der Waals surface area contributed by atoms with Gasteiger partial charge in [0.1, 0.15) is 5.82 Å². The molecule has 1 unspecified atom stereocenters. The largest absolute Gasteiger partial charge is 0.309 e. The zero-order chi connectivity index (χ0) is 40.5. The van der Waals surface area contributed by atoms with E-state index in [1.807, 2.05) is 42.5 Å². The molecule has 3 heterocycles. The number of benzene rings is 9. The first kappa shape index (κ1) is 35.4. The summed E-state index contributed by atoms with van der Waals surface area (Å²) in [4.78, 5) is 5.57. The van der Waals surface area contributed by atoms with Gasteiger partial charge in [0.2, 0.25) is 0 Å². The average molecular weight is 797 g/mol. The molecule has 0 bridgehead atoms. The number of hydrogen-bond donors (Lipinski definition) is 0. The molecule has 0 saturated carbocycles. The predicted molar refractivity (Wildman–Crippen MR) is 256 cm³/mol. The molecule has 11 aromatic rings. The fraction of sp³-hybridized carbons (Fsp3) is 0. The van der Waals surface area contributed by atoms with Crippen molar-refractivity contribution in [3.8, 4) is 61.6 Å². The van der Waals surface area contributed by atoms with Gasteiger partial charge < -0.3 is 4.57 Å². The Labute approximate surface area is 354 Å². The minimum atomic E-state index is -3.30. The fourth-order valence-corrected chi connectivity index (χ4v) is 12.8. The van der Waals surface area contributed by atoms with Crippen LogP contribution in [0.5, 0.6) is 0 Å². The van der Waals surface area contributed by atoms with Crippen molar-refractivity contribution in [2.45, 2.75) is 0 Å². The van der Waals surface area contributed by atoms with Gasteiger partial charge in [-0.1, -0.05) is 206 Å². The lowest BCUT2D eigenvalue weighted by Crippen LogP contribution is -2.21. The SMILES string of the molecule is O=P1(c2ccccc2)c2ccccc2-c2ccc3c(c21)c1ccc2ccccc2c1n3-c1cc(-c2ccc(-c3ccccc3)cc2)cc(-c2ccc(-c3ccccc3)cc2)n1. The van der Waals surface area contributed by atoms with Crippen LogP contribution in [0.1, 0.15) is 0 Å². The molecule has 1 atom stereocenters. The summed E-state index contributed by atoms with van der Waals surface area (Å²) < 4.78 is 18.6. The predicted octanol–water partition coefficient (Wildman–Crippen LogP) is 13.6. The standard InChI is InChI=1S/C57H37N2OP/c60-61(46-19-8-3-9-20-46)53-23-13-12-22-48(53)49-34-35-52-55(57(49)61)50-33-32-43-18-10-11-21-47(43)56(50)59(52)54-37-45(42-26-24-40(25-27-42)38-14-4-1-5-15-38)36-51(58-54)44-30-28-41(29-31-44)39-16-6-2-7-17-39/h1-37H. The Morgan fingerprint density at radius 2 is 0.967 bits per heavy atom. The number of aromatic nitrogens is 2. The molecule has 0 aliphatic carbocycles. The molecule has 0 saturated heterocycles. The van der Waals surface area contributed by atoms with Crippen molar-refractivity contribution in [1.29, 1.82) is 0 Å². The average Bonchev–Trinajstić information content (AvgIpc) is 3.82. The number of hydrogen-bond acceptors (Lipinski definition) is 2. The molecule has 2 aromatic heterocycles. The van der Waals surface area contributed by atoms with Gasteiger partial charge in [-0.05, 0) is 68.1 Å². The number of nitrogens with zero attached hydrogens (tertiary/aromatic N) is 2. The summed E-state index contributed by atoms with van der Waals surface area (Å²) in [5, 5.41) is 6.96. The lowest BCUT2D eigenvalue weighted by atomic mass is 9.98. The monoisotopic (exact) mass is 796 g/mol. The summed E-state index contributed by atoms with van der Waals surface area (Å²) in [7, 11) is -3.30. The molecule has 12 rings (SSSR count). The normalized spacial score (nSPS) is 14.4. The molecule has 3 nitrogen and oxygen atoms in total. The van der Waals surface area contributed by atoms with E-state index >= 15 is 4.57 Å². The maximum atomic E-state index is 16.2. The lowest BCUT2D eigenvalue weighted by molar-refractivity contribution is 0.593. The minimum absolute atomic E-state index is 0.799. The van der Waals surface area contributed by atoms with E-state index in [2.05, 4.69) is 187 Å². The van der Waals surface area contributed by atoms with E-state index < -0.39 is 7.14 Å². The molecular formula is C57H37N2OP. The van der Waals surface area contributed by atoms with Crippen LogP contribution in [0.4, 0.5) is 0 Å². The molecule has 0 N–H and O–H groups in total. The second-order valence-electron chi connectivity index (χ2n) is 15.8. The van der Waals surface area contributed by atoms with Crippen molar-refractivity contribution >= 4 is 55.6 Å². The Kier molecular flexibility index (Phi) is 8.13. The molecule has 0 spiro atoms. The highest BCUT2D eigenvalue weighted by Crippen LogP contribution is 2.55. The van der Waals surface area contributed by atoms with Gasteiger partial charge in [-0.15, -0.1) is 0 Å². The van der Waals surface area contributed by atoms with Crippen molar-refractivity contribution in [2.24, 2.45) is 0 Å². The van der Waals surface area contributed by atoms with Crippen LogP contribution in [-0.4, -0.2) is 9.55 Å². The van der Waals surface area contributed by atoms with E-state index in [-0.39, 0.29) is 0 Å². The third kappa shape index (κ3) is 5.59. The third-order valence-electron chi connectivity index (χ3n) is 12.4. The van der Waals surface area contributed by atoms with Crippen molar-refractivity contribution in [1.82, 2.24) is 9.55 Å². The van der Waals surface area contributed by atoms with Crippen LogP contribution in [0.3, 0.4) is 0 Å². The minimum Gasteiger partial charge on any atom is -0.309 e. The molecule has 1 aliphatic rings. The van der Waals surface area contributed by atoms with Gasteiger partial charge in [-0.3, -0.25) is 4.57 Å². The van der Waals surface area contributed by atoms with Gasteiger partial charge in [-0.25, -0.2) is 4.98 Å². The Morgan fingerprint density at radius 3 is 1.66 bits per heavy atom. The Hall–Kier alpha value is -7.58. The fourth-order valence-electron chi connectivity index (χ4n) is 9.53. The Morgan fingerprint density at radius 1 is 0.410 bits per heavy atom. The van der Waals surface area contributed by atoms with E-state index in [0.717, 1.165) is 93.4 Å². The molecule has 286 valence electrons. The van der Waals surface area contributed by atoms with Gasteiger partial charge in [-0.2, -0.15) is 0 Å². The summed E-state index contributed by atoms with van der Waals surface area (Å²) >= 11 is 0. The van der Waals surface area contributed by atoms with Crippen molar-refractivity contribution in [3.05, 3.63) is 224 Å². The first-order chi connectivity index (χ1) is 30.1. The van der Waals surface area contributed by atoms with Gasteiger partial charge in [0.25, 0.3) is 0 Å². The van der Waals surface area contributed by atoms with Gasteiger partial charge >= 0.3 is 0 Å². The van der Waals surface area contributed by atoms with Crippen LogP contribution in [0.25, 0.3) is 94.2 Å². The summed E-state index contributed by atoms with van der Waals surface area (Å²) in [6.07, 6.45) is 0. The Balaban J connectivity index is 1.15. The quantitative estimate of drug-likeness (QED) is 0.157. The molecule has 4 heteroatoms. The van der Waals surface area contributed by atoms with Crippen LogP contribution in [0, 0.1) is 0 Å². The first-order valence-corrected chi connectivity index (χ1v) is 22.4. The van der Waals surface area contributed by atoms with E-state index in [0.29, 0.717) is 0 Å². The number of fused-ring (bicyclic) bond motifs is 9. The van der Waals surface area contributed by atoms with Crippen molar-refractivity contribution < 1.29 is 4.57 Å². The van der Waals surface area contributed by atoms with Gasteiger partial charge in [0.15, 0.2) is 7.14 Å². The molecule has 0 amide bonds. The number of pyridine rings is 1. The molecule has 9 aromatic carbocycles. The van der Waals surface area contributed by atoms with Crippen LogP contribution in [0.2, 0.25) is 0 Å². The highest BCUT2D eigenvalue weighted by Gasteiger charge is 2.42. The van der Waals surface area contributed by atoms with Crippen LogP contribution in [-0.2, 0) is 4.57 Å². The molecule has 1 aliphatic heterocycles. The summed E-state index contributed by atoms with van der Waals surface area (Å²) in [5.41, 5.74) is 12.8. The van der Waals surface area contributed by atoms with Crippen molar-refractivity contribution in [3.63, 3.8) is 0 Å². The Bertz CT molecular complexity index is 3420. The van der Waals surface area contributed by atoms with Crippen LogP contribution in [0.15, 0.2) is 224 Å².